The molecule has 2 aromatic heterocycles. The summed E-state index contributed by atoms with van der Waals surface area (Å²) in [4.78, 5) is 0. The molecular weight excluding hydrogens is 154 g/mol. The highest BCUT2D eigenvalue weighted by Gasteiger charge is 2.03. The zero-order valence-corrected chi connectivity index (χ0v) is 6.10. The van der Waals surface area contributed by atoms with Crippen LogP contribution in [-0.2, 0) is 0 Å². The van der Waals surface area contributed by atoms with Gasteiger partial charge in [0.25, 0.3) is 0 Å². The van der Waals surface area contributed by atoms with Crippen molar-refractivity contribution in [3.05, 3.63) is 23.9 Å². The number of pyridine rings is 1. The van der Waals surface area contributed by atoms with Crippen LogP contribution in [0.15, 0.2) is 18.2 Å². The molecule has 12 heavy (non-hydrogen) atoms. The summed E-state index contributed by atoms with van der Waals surface area (Å²) in [7, 11) is 0. The Morgan fingerprint density at radius 1 is 1.42 bits per heavy atom. The molecule has 0 aromatic carbocycles. The molecule has 0 atom stereocenters. The van der Waals surface area contributed by atoms with Gasteiger partial charge in [0, 0.05) is 0 Å². The number of hydrogen-bond donors (Lipinski definition) is 1. The lowest BCUT2D eigenvalue weighted by atomic mass is 10.3. The van der Waals surface area contributed by atoms with Crippen LogP contribution in [0.2, 0.25) is 0 Å². The highest BCUT2D eigenvalue weighted by Crippen LogP contribution is 2.07. The number of aromatic nitrogens is 3. The molecule has 5 nitrogen and oxygen atoms in total. The van der Waals surface area contributed by atoms with Gasteiger partial charge in [-0.3, -0.25) is 4.40 Å². The van der Waals surface area contributed by atoms with Crippen molar-refractivity contribution in [2.75, 3.05) is 5.73 Å². The van der Waals surface area contributed by atoms with Crippen LogP contribution < -0.4 is 5.73 Å². The van der Waals surface area contributed by atoms with Crippen LogP contribution >= 0.6 is 0 Å². The lowest BCUT2D eigenvalue weighted by Gasteiger charge is -1.94. The van der Waals surface area contributed by atoms with E-state index in [0.717, 1.165) is 0 Å². The fourth-order valence-corrected chi connectivity index (χ4v) is 1.05. The van der Waals surface area contributed by atoms with E-state index in [1.807, 2.05) is 6.07 Å². The Kier molecular flexibility index (Phi) is 1.21. The molecule has 58 valence electrons. The van der Waals surface area contributed by atoms with Crippen molar-refractivity contribution in [2.45, 2.75) is 0 Å². The molecule has 2 aromatic rings. The van der Waals surface area contributed by atoms with Crippen molar-refractivity contribution >= 4 is 11.6 Å². The topological polar surface area (TPSA) is 80.0 Å². The molecule has 2 rings (SSSR count). The lowest BCUT2D eigenvalue weighted by molar-refractivity contribution is 1.11. The minimum atomic E-state index is 0.238. The van der Waals surface area contributed by atoms with E-state index < -0.39 is 0 Å². The van der Waals surface area contributed by atoms with Crippen LogP contribution in [0.1, 0.15) is 5.69 Å². The molecule has 2 heterocycles. The average molecular weight is 159 g/mol. The first-order valence-electron chi connectivity index (χ1n) is 3.32. The minimum absolute atomic E-state index is 0.238. The van der Waals surface area contributed by atoms with Gasteiger partial charge in [0.1, 0.15) is 11.8 Å². The Balaban J connectivity index is 2.96. The summed E-state index contributed by atoms with van der Waals surface area (Å²) in [5.41, 5.74) is 6.52. The van der Waals surface area contributed by atoms with Crippen LogP contribution in [0, 0.1) is 11.3 Å². The molecule has 0 aliphatic rings. The summed E-state index contributed by atoms with van der Waals surface area (Å²) >= 11 is 0. The molecule has 0 bridgehead atoms. The van der Waals surface area contributed by atoms with E-state index in [4.69, 9.17) is 11.0 Å². The number of hydrogen-bond acceptors (Lipinski definition) is 4. The van der Waals surface area contributed by atoms with Crippen molar-refractivity contribution in [1.29, 1.82) is 5.26 Å². The second-order valence-electron chi connectivity index (χ2n) is 2.27. The number of nitrogen functional groups attached to an aromatic ring is 1. The van der Waals surface area contributed by atoms with Crippen molar-refractivity contribution < 1.29 is 0 Å². The maximum Gasteiger partial charge on any atom is 0.227 e. The third kappa shape index (κ3) is 0.720. The highest BCUT2D eigenvalue weighted by molar-refractivity contribution is 5.47. The standard InChI is InChI=1S/C7H5N5/c8-4-5-2-1-3-6-10-11-7(9)12(5)6/h1-3H,(H2,9,11). The Morgan fingerprint density at radius 2 is 2.25 bits per heavy atom. The predicted molar refractivity (Wildman–Crippen MR) is 42.1 cm³/mol. The Labute approximate surface area is 68.1 Å². The van der Waals surface area contributed by atoms with E-state index in [0.29, 0.717) is 11.3 Å². The largest absolute Gasteiger partial charge is 0.368 e. The number of nitriles is 1. The summed E-state index contributed by atoms with van der Waals surface area (Å²) in [6, 6.07) is 7.14. The lowest BCUT2D eigenvalue weighted by Crippen LogP contribution is -1.97. The van der Waals surface area contributed by atoms with Gasteiger partial charge >= 0.3 is 0 Å². The van der Waals surface area contributed by atoms with Gasteiger partial charge < -0.3 is 5.73 Å². The summed E-state index contributed by atoms with van der Waals surface area (Å²) in [6.07, 6.45) is 0. The first-order valence-corrected chi connectivity index (χ1v) is 3.32. The quantitative estimate of drug-likeness (QED) is 0.594. The third-order valence-electron chi connectivity index (χ3n) is 1.57. The van der Waals surface area contributed by atoms with Crippen molar-refractivity contribution in [1.82, 2.24) is 14.6 Å². The fourth-order valence-electron chi connectivity index (χ4n) is 1.05. The summed E-state index contributed by atoms with van der Waals surface area (Å²) in [5.74, 6) is 0.238. The van der Waals surface area contributed by atoms with Crippen molar-refractivity contribution in [3.63, 3.8) is 0 Å². The molecule has 0 fully saturated rings. The summed E-state index contributed by atoms with van der Waals surface area (Å²) in [6.45, 7) is 0. The Morgan fingerprint density at radius 3 is 3.00 bits per heavy atom. The van der Waals surface area contributed by atoms with Crippen molar-refractivity contribution in [3.8, 4) is 6.07 Å². The van der Waals surface area contributed by atoms with Crippen LogP contribution in [-0.4, -0.2) is 14.6 Å². The molecule has 0 saturated carbocycles. The summed E-state index contributed by atoms with van der Waals surface area (Å²) in [5, 5.41) is 16.1. The maximum absolute atomic E-state index is 8.70. The molecule has 0 radical (unpaired) electrons. The maximum atomic E-state index is 8.70. The van der Waals surface area contributed by atoms with Crippen LogP contribution in [0.4, 0.5) is 5.95 Å². The molecule has 0 aliphatic heterocycles. The number of nitrogens with two attached hydrogens (primary N) is 1. The highest BCUT2D eigenvalue weighted by atomic mass is 15.3. The second-order valence-corrected chi connectivity index (χ2v) is 2.27. The zero-order valence-electron chi connectivity index (χ0n) is 6.10. The van der Waals surface area contributed by atoms with E-state index in [1.165, 1.54) is 4.40 Å². The molecular formula is C7H5N5. The number of nitrogens with zero attached hydrogens (tertiary/aromatic N) is 4. The van der Waals surface area contributed by atoms with Gasteiger partial charge in [-0.25, -0.2) is 0 Å². The monoisotopic (exact) mass is 159 g/mol. The van der Waals surface area contributed by atoms with Gasteiger partial charge in [-0.05, 0) is 12.1 Å². The van der Waals surface area contributed by atoms with Crippen molar-refractivity contribution in [2.24, 2.45) is 0 Å². The van der Waals surface area contributed by atoms with Gasteiger partial charge in [-0.2, -0.15) is 5.26 Å². The Hall–Kier alpha value is -2.09. The summed E-state index contributed by atoms with van der Waals surface area (Å²) < 4.78 is 1.50. The van der Waals surface area contributed by atoms with E-state index in [9.17, 15) is 0 Å². The van der Waals surface area contributed by atoms with Gasteiger partial charge in [0.15, 0.2) is 5.65 Å². The first-order chi connectivity index (χ1) is 5.83. The molecule has 0 amide bonds. The molecule has 5 heteroatoms. The number of anilines is 1. The molecule has 0 spiro atoms. The smallest absolute Gasteiger partial charge is 0.227 e. The predicted octanol–water partition coefficient (Wildman–Crippen LogP) is 0.183. The molecule has 0 unspecified atom stereocenters. The van der Waals surface area contributed by atoms with Gasteiger partial charge in [-0.15, -0.1) is 10.2 Å². The third-order valence-corrected chi connectivity index (χ3v) is 1.57. The fraction of sp³-hybridized carbons (Fsp3) is 0. The van der Waals surface area contributed by atoms with Crippen LogP contribution in [0.25, 0.3) is 5.65 Å². The van der Waals surface area contributed by atoms with E-state index in [1.54, 1.807) is 18.2 Å². The van der Waals surface area contributed by atoms with E-state index >= 15 is 0 Å². The second kappa shape index (κ2) is 2.20. The number of rotatable bonds is 0. The zero-order chi connectivity index (χ0) is 8.55. The van der Waals surface area contributed by atoms with E-state index in [2.05, 4.69) is 10.2 Å². The minimum Gasteiger partial charge on any atom is -0.368 e. The van der Waals surface area contributed by atoms with E-state index in [-0.39, 0.29) is 5.95 Å². The number of fused-ring (bicyclic) bond motifs is 1. The molecule has 2 N–H and O–H groups in total. The van der Waals surface area contributed by atoms with Crippen LogP contribution in [0.3, 0.4) is 0 Å². The van der Waals surface area contributed by atoms with Gasteiger partial charge in [0.05, 0.1) is 0 Å². The molecule has 0 aliphatic carbocycles. The van der Waals surface area contributed by atoms with Gasteiger partial charge in [0.2, 0.25) is 5.95 Å². The average Bonchev–Trinajstić information content (AvgIpc) is 2.48. The Bertz CT molecular complexity index is 464. The van der Waals surface area contributed by atoms with Crippen LogP contribution in [0.5, 0.6) is 0 Å². The van der Waals surface area contributed by atoms with Gasteiger partial charge in [-0.1, -0.05) is 6.07 Å². The SMILES string of the molecule is N#Cc1cccc2nnc(N)n12. The normalized spacial score (nSPS) is 9.92. The molecule has 0 saturated heterocycles. The first kappa shape index (κ1) is 6.61.